The topological polar surface area (TPSA) is 83.6 Å². The molecule has 0 bridgehead atoms. The highest BCUT2D eigenvalue weighted by molar-refractivity contribution is 8.00. The van der Waals surface area contributed by atoms with E-state index in [4.69, 9.17) is 5.26 Å². The number of thioether (sulfide) groups is 2. The Labute approximate surface area is 177 Å². The summed E-state index contributed by atoms with van der Waals surface area (Å²) in [4.78, 5) is 13.4. The Kier molecular flexibility index (Phi) is 6.17. The minimum absolute atomic E-state index is 0.115. The molecule has 0 radical (unpaired) electrons. The first-order chi connectivity index (χ1) is 14.3. The molecule has 1 heterocycles. The fourth-order valence-electron chi connectivity index (χ4n) is 2.92. The monoisotopic (exact) mass is 421 g/mol. The van der Waals surface area contributed by atoms with E-state index in [-0.39, 0.29) is 11.7 Å². The van der Waals surface area contributed by atoms with Crippen molar-refractivity contribution in [3.05, 3.63) is 60.4 Å². The van der Waals surface area contributed by atoms with E-state index in [2.05, 4.69) is 26.2 Å². The zero-order chi connectivity index (χ0) is 20.1. The lowest BCUT2D eigenvalue weighted by molar-refractivity contribution is -0.113. The highest BCUT2D eigenvalue weighted by Crippen LogP contribution is 2.41. The molecule has 3 aromatic rings. The van der Waals surface area contributed by atoms with E-state index < -0.39 is 0 Å². The number of hydrogen-bond donors (Lipinski definition) is 1. The highest BCUT2D eigenvalue weighted by atomic mass is 32.2. The SMILES string of the molecule is N#CCSc1ccccc1NC(=O)CSc1nnc(C2CC2)n1-c1ccccc1. The number of nitrogens with one attached hydrogen (secondary N) is 1. The van der Waals surface area contributed by atoms with Gasteiger partial charge in [-0.25, -0.2) is 0 Å². The second-order valence-electron chi connectivity index (χ2n) is 6.57. The maximum Gasteiger partial charge on any atom is 0.234 e. The maximum atomic E-state index is 12.5. The molecule has 0 aliphatic heterocycles. The van der Waals surface area contributed by atoms with Crippen LogP contribution in [0.4, 0.5) is 5.69 Å². The average Bonchev–Trinajstić information content (AvgIpc) is 3.51. The molecule has 1 fully saturated rings. The summed E-state index contributed by atoms with van der Waals surface area (Å²) in [5.74, 6) is 1.88. The molecule has 29 heavy (non-hydrogen) atoms. The van der Waals surface area contributed by atoms with E-state index in [9.17, 15) is 4.79 Å². The van der Waals surface area contributed by atoms with Gasteiger partial charge in [-0.15, -0.1) is 22.0 Å². The number of rotatable bonds is 8. The largest absolute Gasteiger partial charge is 0.324 e. The van der Waals surface area contributed by atoms with Crippen LogP contribution < -0.4 is 5.32 Å². The Morgan fingerprint density at radius 1 is 1.10 bits per heavy atom. The van der Waals surface area contributed by atoms with E-state index in [1.54, 1.807) is 0 Å². The average molecular weight is 422 g/mol. The summed E-state index contributed by atoms with van der Waals surface area (Å²) in [7, 11) is 0. The molecule has 0 unspecified atom stereocenters. The van der Waals surface area contributed by atoms with Crippen molar-refractivity contribution in [1.29, 1.82) is 5.26 Å². The van der Waals surface area contributed by atoms with Gasteiger partial charge in [0.25, 0.3) is 0 Å². The number of hydrogen-bond acceptors (Lipinski definition) is 6. The number of carbonyl (C=O) groups is 1. The quantitative estimate of drug-likeness (QED) is 0.540. The summed E-state index contributed by atoms with van der Waals surface area (Å²) >= 11 is 2.78. The molecule has 8 heteroatoms. The van der Waals surface area contributed by atoms with E-state index in [0.29, 0.717) is 11.7 Å². The Morgan fingerprint density at radius 2 is 1.86 bits per heavy atom. The van der Waals surface area contributed by atoms with Crippen LogP contribution in [0, 0.1) is 11.3 Å². The normalized spacial score (nSPS) is 13.1. The Morgan fingerprint density at radius 3 is 2.62 bits per heavy atom. The standard InChI is InChI=1S/C21H19N5OS2/c22-12-13-28-18-9-5-4-8-17(18)23-19(27)14-29-21-25-24-20(15-10-11-15)26(21)16-6-2-1-3-7-16/h1-9,15H,10-11,13-14H2,(H,23,27). The van der Waals surface area contributed by atoms with Crippen LogP contribution in [0.15, 0.2) is 64.6 Å². The number of benzene rings is 2. The van der Waals surface area contributed by atoms with Gasteiger partial charge in [0.2, 0.25) is 5.91 Å². The van der Waals surface area contributed by atoms with Gasteiger partial charge in [0, 0.05) is 16.5 Å². The van der Waals surface area contributed by atoms with Crippen molar-refractivity contribution >= 4 is 35.1 Å². The molecule has 0 spiro atoms. The zero-order valence-electron chi connectivity index (χ0n) is 15.6. The molecular formula is C21H19N5OS2. The Hall–Kier alpha value is -2.76. The van der Waals surface area contributed by atoms with Crippen molar-refractivity contribution in [1.82, 2.24) is 14.8 Å². The third kappa shape index (κ3) is 4.81. The Balaban J connectivity index is 1.46. The number of amides is 1. The molecule has 1 aromatic heterocycles. The molecule has 146 valence electrons. The van der Waals surface area contributed by atoms with Gasteiger partial charge >= 0.3 is 0 Å². The number of para-hydroxylation sites is 2. The lowest BCUT2D eigenvalue weighted by atomic mass is 10.3. The molecule has 1 amide bonds. The lowest BCUT2D eigenvalue weighted by Gasteiger charge is -2.11. The highest BCUT2D eigenvalue weighted by Gasteiger charge is 2.31. The molecule has 2 aromatic carbocycles. The van der Waals surface area contributed by atoms with E-state index >= 15 is 0 Å². The number of nitriles is 1. The van der Waals surface area contributed by atoms with E-state index in [1.807, 2.05) is 54.6 Å². The van der Waals surface area contributed by atoms with Crippen LogP contribution in [0.25, 0.3) is 5.69 Å². The first-order valence-corrected chi connectivity index (χ1v) is 11.3. The molecule has 4 rings (SSSR count). The fourth-order valence-corrected chi connectivity index (χ4v) is 4.35. The minimum Gasteiger partial charge on any atom is -0.324 e. The lowest BCUT2D eigenvalue weighted by Crippen LogP contribution is -2.15. The molecule has 0 saturated heterocycles. The van der Waals surface area contributed by atoms with Gasteiger partial charge in [0.15, 0.2) is 5.16 Å². The van der Waals surface area contributed by atoms with Crippen molar-refractivity contribution in [2.24, 2.45) is 0 Å². The fraction of sp³-hybridized carbons (Fsp3) is 0.238. The number of nitrogens with zero attached hydrogens (tertiary/aromatic N) is 4. The molecular weight excluding hydrogens is 402 g/mol. The predicted octanol–water partition coefficient (Wildman–Crippen LogP) is 4.49. The summed E-state index contributed by atoms with van der Waals surface area (Å²) < 4.78 is 2.06. The van der Waals surface area contributed by atoms with Gasteiger partial charge < -0.3 is 5.32 Å². The summed E-state index contributed by atoms with van der Waals surface area (Å²) in [5.41, 5.74) is 1.74. The molecule has 1 aliphatic rings. The first kappa shape index (κ1) is 19.6. The summed E-state index contributed by atoms with van der Waals surface area (Å²) in [6.45, 7) is 0. The maximum absolute atomic E-state index is 12.5. The van der Waals surface area contributed by atoms with Gasteiger partial charge in [0.1, 0.15) is 5.82 Å². The van der Waals surface area contributed by atoms with Crippen molar-refractivity contribution in [3.8, 4) is 11.8 Å². The van der Waals surface area contributed by atoms with Gasteiger partial charge in [-0.05, 0) is 37.1 Å². The first-order valence-electron chi connectivity index (χ1n) is 9.28. The van der Waals surface area contributed by atoms with Gasteiger partial charge in [0.05, 0.1) is 23.3 Å². The number of aromatic nitrogens is 3. The summed E-state index contributed by atoms with van der Waals surface area (Å²) in [6.07, 6.45) is 2.26. The molecule has 6 nitrogen and oxygen atoms in total. The van der Waals surface area contributed by atoms with Crippen LogP contribution in [0.2, 0.25) is 0 Å². The van der Waals surface area contributed by atoms with Crippen LogP contribution in [-0.4, -0.2) is 32.2 Å². The van der Waals surface area contributed by atoms with Crippen molar-refractivity contribution in [2.75, 3.05) is 16.8 Å². The van der Waals surface area contributed by atoms with Crippen LogP contribution >= 0.6 is 23.5 Å². The smallest absolute Gasteiger partial charge is 0.234 e. The molecule has 1 saturated carbocycles. The van der Waals surface area contributed by atoms with Crippen molar-refractivity contribution in [3.63, 3.8) is 0 Å². The second-order valence-corrected chi connectivity index (χ2v) is 8.53. The van der Waals surface area contributed by atoms with Gasteiger partial charge in [-0.1, -0.05) is 42.1 Å². The van der Waals surface area contributed by atoms with E-state index in [1.165, 1.54) is 23.5 Å². The van der Waals surface area contributed by atoms with Crippen molar-refractivity contribution in [2.45, 2.75) is 28.8 Å². The Bertz CT molecular complexity index is 1040. The van der Waals surface area contributed by atoms with Crippen LogP contribution in [-0.2, 0) is 4.79 Å². The number of carbonyl (C=O) groups excluding carboxylic acids is 1. The van der Waals surface area contributed by atoms with Gasteiger partial charge in [-0.3, -0.25) is 9.36 Å². The third-order valence-corrected chi connectivity index (χ3v) is 6.27. The summed E-state index contributed by atoms with van der Waals surface area (Å²) in [6, 6.07) is 19.6. The molecule has 1 N–H and O–H groups in total. The van der Waals surface area contributed by atoms with Crippen LogP contribution in [0.1, 0.15) is 24.6 Å². The third-order valence-electron chi connectivity index (χ3n) is 4.40. The van der Waals surface area contributed by atoms with Gasteiger partial charge in [-0.2, -0.15) is 5.26 Å². The minimum atomic E-state index is -0.115. The predicted molar refractivity (Wildman–Crippen MR) is 115 cm³/mol. The van der Waals surface area contributed by atoms with Crippen molar-refractivity contribution < 1.29 is 4.79 Å². The molecule has 1 aliphatic carbocycles. The second kappa shape index (κ2) is 9.16. The number of anilines is 1. The molecule has 0 atom stereocenters. The summed E-state index contributed by atoms with van der Waals surface area (Å²) in [5, 5.41) is 21.2. The van der Waals surface area contributed by atoms with Crippen LogP contribution in [0.5, 0.6) is 0 Å². The zero-order valence-corrected chi connectivity index (χ0v) is 17.2. The van der Waals surface area contributed by atoms with E-state index in [0.717, 1.165) is 40.1 Å². The van der Waals surface area contributed by atoms with Crippen LogP contribution in [0.3, 0.4) is 0 Å².